The van der Waals surface area contributed by atoms with Crippen LogP contribution in [0.4, 0.5) is 0 Å². The second kappa shape index (κ2) is 18.5. The number of aromatic nitrogens is 2. The van der Waals surface area contributed by atoms with E-state index in [1.807, 2.05) is 59.0 Å². The van der Waals surface area contributed by atoms with Crippen molar-refractivity contribution < 1.29 is 14.6 Å². The van der Waals surface area contributed by atoms with Gasteiger partial charge >= 0.3 is 0 Å². The van der Waals surface area contributed by atoms with Gasteiger partial charge in [-0.3, -0.25) is 9.97 Å². The summed E-state index contributed by atoms with van der Waals surface area (Å²) in [7, 11) is 3.32. The van der Waals surface area contributed by atoms with Crippen molar-refractivity contribution in [1.29, 1.82) is 0 Å². The zero-order valence-corrected chi connectivity index (χ0v) is 16.7. The van der Waals surface area contributed by atoms with Crippen molar-refractivity contribution in [2.75, 3.05) is 14.2 Å². The molecule has 0 bridgehead atoms. The summed E-state index contributed by atoms with van der Waals surface area (Å²) in [5.41, 5.74) is 3.86. The molecule has 5 nitrogen and oxygen atoms in total. The highest BCUT2D eigenvalue weighted by Gasteiger charge is 1.93. The summed E-state index contributed by atoms with van der Waals surface area (Å²) in [6.07, 6.45) is 3.54. The van der Waals surface area contributed by atoms with Gasteiger partial charge in [0.05, 0.1) is 25.5 Å². The SMILES string of the molecule is CC.CC.COCc1ccc(C)nc1.COCc1ccc(CO)nc1. The Bertz CT molecular complexity index is 499. The van der Waals surface area contributed by atoms with Crippen LogP contribution in [0.15, 0.2) is 36.7 Å². The molecule has 0 saturated carbocycles. The van der Waals surface area contributed by atoms with Gasteiger partial charge in [0.25, 0.3) is 0 Å². The van der Waals surface area contributed by atoms with Crippen molar-refractivity contribution in [2.45, 2.75) is 54.4 Å². The Hall–Kier alpha value is -1.82. The maximum Gasteiger partial charge on any atom is 0.0852 e. The van der Waals surface area contributed by atoms with Crippen molar-refractivity contribution in [2.24, 2.45) is 0 Å². The fourth-order valence-corrected chi connectivity index (χ4v) is 1.55. The average molecular weight is 351 g/mol. The van der Waals surface area contributed by atoms with Crippen LogP contribution in [0.2, 0.25) is 0 Å². The third-order valence-electron chi connectivity index (χ3n) is 2.64. The maximum atomic E-state index is 8.66. The van der Waals surface area contributed by atoms with Gasteiger partial charge in [-0.05, 0) is 30.2 Å². The van der Waals surface area contributed by atoms with E-state index in [0.29, 0.717) is 18.9 Å². The number of ether oxygens (including phenoxy) is 2. The number of aliphatic hydroxyl groups excluding tert-OH is 1. The Labute approximate surface area is 153 Å². The van der Waals surface area contributed by atoms with Gasteiger partial charge in [0.15, 0.2) is 0 Å². The van der Waals surface area contributed by atoms with Crippen molar-refractivity contribution in [1.82, 2.24) is 9.97 Å². The van der Waals surface area contributed by atoms with Crippen LogP contribution in [-0.2, 0) is 29.3 Å². The lowest BCUT2D eigenvalue weighted by Gasteiger charge is -1.98. The molecule has 1 N–H and O–H groups in total. The first-order valence-corrected chi connectivity index (χ1v) is 8.63. The lowest BCUT2D eigenvalue weighted by molar-refractivity contribution is 0.184. The van der Waals surface area contributed by atoms with Crippen LogP contribution in [0, 0.1) is 6.92 Å². The molecule has 0 unspecified atom stereocenters. The molecule has 2 heterocycles. The maximum absolute atomic E-state index is 8.66. The molecule has 0 aromatic carbocycles. The fourth-order valence-electron chi connectivity index (χ4n) is 1.55. The molecule has 0 aliphatic heterocycles. The average Bonchev–Trinajstić information content (AvgIpc) is 2.68. The number of hydrogen-bond acceptors (Lipinski definition) is 5. The highest BCUT2D eigenvalue weighted by molar-refractivity contribution is 5.12. The Morgan fingerprint density at radius 2 is 1.28 bits per heavy atom. The monoisotopic (exact) mass is 350 g/mol. The number of pyridine rings is 2. The van der Waals surface area contributed by atoms with E-state index in [-0.39, 0.29) is 6.61 Å². The zero-order chi connectivity index (χ0) is 19.5. The molecule has 0 radical (unpaired) electrons. The molecule has 0 aliphatic rings. The van der Waals surface area contributed by atoms with Gasteiger partial charge in [-0.1, -0.05) is 39.8 Å². The molecule has 0 atom stereocenters. The van der Waals surface area contributed by atoms with Gasteiger partial charge in [-0.2, -0.15) is 0 Å². The Kier molecular flexibility index (Phi) is 18.8. The molecule has 2 rings (SSSR count). The van der Waals surface area contributed by atoms with Crippen LogP contribution in [-0.4, -0.2) is 29.3 Å². The van der Waals surface area contributed by atoms with E-state index in [0.717, 1.165) is 16.8 Å². The third kappa shape index (κ3) is 13.2. The summed E-state index contributed by atoms with van der Waals surface area (Å²) in [4.78, 5) is 8.10. The van der Waals surface area contributed by atoms with Crippen LogP contribution in [0.3, 0.4) is 0 Å². The van der Waals surface area contributed by atoms with Gasteiger partial charge in [0, 0.05) is 32.3 Å². The second-order valence-corrected chi connectivity index (χ2v) is 4.49. The highest BCUT2D eigenvalue weighted by atomic mass is 16.5. The van der Waals surface area contributed by atoms with Gasteiger partial charge in [-0.25, -0.2) is 0 Å². The molecule has 2 aromatic rings. The molecule has 0 spiro atoms. The Morgan fingerprint density at radius 1 is 0.800 bits per heavy atom. The molecular weight excluding hydrogens is 316 g/mol. The van der Waals surface area contributed by atoms with E-state index >= 15 is 0 Å². The molecule has 25 heavy (non-hydrogen) atoms. The topological polar surface area (TPSA) is 64.5 Å². The van der Waals surface area contributed by atoms with Crippen molar-refractivity contribution >= 4 is 0 Å². The summed E-state index contributed by atoms with van der Waals surface area (Å²) in [6.45, 7) is 11.2. The predicted molar refractivity (Wildman–Crippen MR) is 103 cm³/mol. The molecular formula is C20H34N2O3. The third-order valence-corrected chi connectivity index (χ3v) is 2.64. The van der Waals surface area contributed by atoms with E-state index in [4.69, 9.17) is 14.6 Å². The van der Waals surface area contributed by atoms with Crippen LogP contribution in [0.25, 0.3) is 0 Å². The zero-order valence-electron chi connectivity index (χ0n) is 16.7. The number of nitrogens with zero attached hydrogens (tertiary/aromatic N) is 2. The first-order valence-electron chi connectivity index (χ1n) is 8.63. The standard InChI is InChI=1S/C8H11NO2.C8H11NO.2C2H6/c1-11-6-7-2-3-8(5-10)9-4-7;1-7-3-4-8(5-9-7)6-10-2;2*1-2/h2-4,10H,5-6H2,1H3;3-5H,6H2,1-2H3;2*1-2H3. The lowest BCUT2D eigenvalue weighted by Crippen LogP contribution is -1.92. The first-order chi connectivity index (χ1) is 12.2. The van der Waals surface area contributed by atoms with Crippen molar-refractivity contribution in [3.05, 3.63) is 59.2 Å². The molecule has 0 fully saturated rings. The first kappa shape index (κ1) is 25.4. The molecule has 2 aromatic heterocycles. The van der Waals surface area contributed by atoms with Crippen molar-refractivity contribution in [3.8, 4) is 0 Å². The van der Waals surface area contributed by atoms with Gasteiger partial charge in [-0.15, -0.1) is 0 Å². The number of aliphatic hydroxyl groups is 1. The number of rotatable bonds is 5. The molecule has 0 aliphatic carbocycles. The summed E-state index contributed by atoms with van der Waals surface area (Å²) >= 11 is 0. The lowest BCUT2D eigenvalue weighted by atomic mass is 10.3. The number of aryl methyl sites for hydroxylation is 1. The van der Waals surface area contributed by atoms with Crippen molar-refractivity contribution in [3.63, 3.8) is 0 Å². The summed E-state index contributed by atoms with van der Waals surface area (Å²) in [5.74, 6) is 0. The minimum absolute atomic E-state index is 0.00668. The second-order valence-electron chi connectivity index (χ2n) is 4.49. The van der Waals surface area contributed by atoms with E-state index in [1.54, 1.807) is 26.5 Å². The van der Waals surface area contributed by atoms with E-state index in [9.17, 15) is 0 Å². The smallest absolute Gasteiger partial charge is 0.0852 e. The highest BCUT2D eigenvalue weighted by Crippen LogP contribution is 2.01. The van der Waals surface area contributed by atoms with E-state index in [1.165, 1.54) is 0 Å². The van der Waals surface area contributed by atoms with E-state index in [2.05, 4.69) is 9.97 Å². The fraction of sp³-hybridized carbons (Fsp3) is 0.500. The predicted octanol–water partition coefficient (Wildman–Crippen LogP) is 4.31. The Balaban J connectivity index is 0. The van der Waals surface area contributed by atoms with Gasteiger partial charge in [0.1, 0.15) is 0 Å². The molecule has 5 heteroatoms. The Morgan fingerprint density at radius 3 is 1.60 bits per heavy atom. The number of methoxy groups -OCH3 is 2. The minimum Gasteiger partial charge on any atom is -0.390 e. The van der Waals surface area contributed by atoms with Gasteiger partial charge < -0.3 is 14.6 Å². The molecule has 0 amide bonds. The van der Waals surface area contributed by atoms with Crippen LogP contribution < -0.4 is 0 Å². The normalized spacial score (nSPS) is 8.80. The van der Waals surface area contributed by atoms with Crippen LogP contribution in [0.1, 0.15) is 50.2 Å². The largest absolute Gasteiger partial charge is 0.390 e. The molecule has 0 saturated heterocycles. The number of hydrogen-bond donors (Lipinski definition) is 1. The van der Waals surface area contributed by atoms with Crippen LogP contribution in [0.5, 0.6) is 0 Å². The van der Waals surface area contributed by atoms with Crippen LogP contribution >= 0.6 is 0 Å². The van der Waals surface area contributed by atoms with Gasteiger partial charge in [0.2, 0.25) is 0 Å². The quantitative estimate of drug-likeness (QED) is 0.870. The van der Waals surface area contributed by atoms with E-state index < -0.39 is 0 Å². The molecule has 142 valence electrons. The minimum atomic E-state index is -0.00668. The summed E-state index contributed by atoms with van der Waals surface area (Å²) in [5, 5.41) is 8.66. The summed E-state index contributed by atoms with van der Waals surface area (Å²) < 4.78 is 9.83. The summed E-state index contributed by atoms with van der Waals surface area (Å²) in [6, 6.07) is 7.68.